The molecule has 9 N–H and O–H groups in total. The van der Waals surface area contributed by atoms with Crippen LogP contribution in [0.15, 0.2) is 22.2 Å². The number of hydrogen-bond acceptors (Lipinski definition) is 17. The molecule has 45 heavy (non-hydrogen) atoms. The van der Waals surface area contributed by atoms with Gasteiger partial charge in [-0.3, -0.25) is 46.8 Å². The number of H-pyrrole nitrogens is 2. The zero-order chi connectivity index (χ0) is 31.8. The first-order valence-electron chi connectivity index (χ1n) is 13.0. The van der Waals surface area contributed by atoms with Crippen molar-refractivity contribution in [3.8, 4) is 0 Å². The number of nitrogens with one attached hydrogen (secondary N) is 2. The van der Waals surface area contributed by atoms with Crippen LogP contribution < -0.4 is 22.6 Å². The zero-order valence-corrected chi connectivity index (χ0v) is 24.3. The smallest absolute Gasteiger partial charge is 0.386 e. The van der Waals surface area contributed by atoms with Gasteiger partial charge in [-0.1, -0.05) is 0 Å². The maximum absolute atomic E-state index is 13.1. The minimum absolute atomic E-state index is 0.0424. The molecular formula is C20H24N10O13P2. The highest BCUT2D eigenvalue weighted by Crippen LogP contribution is 2.53. The predicted molar refractivity (Wildman–Crippen MR) is 145 cm³/mol. The topological polar surface area (TPSA) is 329 Å². The first-order chi connectivity index (χ1) is 21.3. The minimum Gasteiger partial charge on any atom is -0.386 e. The van der Waals surface area contributed by atoms with Crippen LogP contribution in [0.4, 0.5) is 11.9 Å². The van der Waals surface area contributed by atoms with Crippen molar-refractivity contribution >= 4 is 49.9 Å². The van der Waals surface area contributed by atoms with E-state index >= 15 is 0 Å². The Morgan fingerprint density at radius 2 is 1.38 bits per heavy atom. The molecule has 0 spiro atoms. The average molecular weight is 674 g/mol. The molecule has 0 amide bonds. The normalized spacial score (nSPS) is 36.0. The Morgan fingerprint density at radius 1 is 0.822 bits per heavy atom. The van der Waals surface area contributed by atoms with Gasteiger partial charge in [0, 0.05) is 6.42 Å². The van der Waals surface area contributed by atoms with Gasteiger partial charge in [-0.05, 0) is 0 Å². The Morgan fingerprint density at radius 3 is 2.02 bits per heavy atom. The molecule has 3 aliphatic heterocycles. The Balaban J connectivity index is 1.16. The fourth-order valence-corrected chi connectivity index (χ4v) is 7.27. The van der Waals surface area contributed by atoms with Crippen LogP contribution in [0.5, 0.6) is 0 Å². The second-order valence-electron chi connectivity index (χ2n) is 10.2. The van der Waals surface area contributed by atoms with E-state index in [0.29, 0.717) is 0 Å². The minimum atomic E-state index is -5.00. The standard InChI is InChI=1S/C20H24N10O13P2/c21-19-25-14-10(16(32)27-19)23-4-29(14)9-1-6-7(40-9)2-38-45(36,37)43-13-8(3-39-44(34,35)42-6)41-18(12(13)31)30-5-24-11-15(30)26-20(22)28-17(11)33/h4-9,12-13,18,31H,1-3H2,(H,34,35)(H,36,37)(H3,21,25,27,32)(H3,22,26,28,33)/t6?,7-,8-,9+,12-,13?,18+/m0/s1. The Hall–Kier alpha value is -3.60. The maximum atomic E-state index is 13.1. The van der Waals surface area contributed by atoms with Crippen molar-refractivity contribution in [1.82, 2.24) is 39.0 Å². The zero-order valence-electron chi connectivity index (χ0n) is 22.5. The van der Waals surface area contributed by atoms with Gasteiger partial charge < -0.3 is 35.8 Å². The van der Waals surface area contributed by atoms with Crippen LogP contribution in [0, 0.1) is 0 Å². The van der Waals surface area contributed by atoms with Gasteiger partial charge in [-0.15, -0.1) is 0 Å². The number of fused-ring (bicyclic) bond motifs is 4. The van der Waals surface area contributed by atoms with E-state index in [1.54, 1.807) is 0 Å². The summed E-state index contributed by atoms with van der Waals surface area (Å²) in [6, 6.07) is 0. The van der Waals surface area contributed by atoms with E-state index in [-0.39, 0.29) is 40.6 Å². The van der Waals surface area contributed by atoms with E-state index in [2.05, 4.69) is 29.9 Å². The summed E-state index contributed by atoms with van der Waals surface area (Å²) >= 11 is 0. The van der Waals surface area contributed by atoms with E-state index < -0.39 is 83.0 Å². The third kappa shape index (κ3) is 5.47. The molecule has 0 aliphatic carbocycles. The van der Waals surface area contributed by atoms with Crippen LogP contribution in [0.2, 0.25) is 0 Å². The number of aromatic amines is 2. The highest BCUT2D eigenvalue weighted by Gasteiger charge is 2.52. The Labute approximate surface area is 248 Å². The molecule has 3 aliphatic rings. The number of nitrogens with two attached hydrogens (primary N) is 2. The van der Waals surface area contributed by atoms with Gasteiger partial charge in [0.2, 0.25) is 11.9 Å². The third-order valence-corrected chi connectivity index (χ3v) is 9.30. The molecule has 0 saturated carbocycles. The Kier molecular flexibility index (Phi) is 7.18. The lowest BCUT2D eigenvalue weighted by Gasteiger charge is -2.27. The van der Waals surface area contributed by atoms with Crippen molar-refractivity contribution in [3.05, 3.63) is 33.4 Å². The van der Waals surface area contributed by atoms with E-state index in [0.717, 1.165) is 10.9 Å². The van der Waals surface area contributed by atoms with Crippen LogP contribution in [-0.4, -0.2) is 97.7 Å². The summed E-state index contributed by atoms with van der Waals surface area (Å²) in [6.45, 7) is -1.48. The number of aromatic nitrogens is 8. The van der Waals surface area contributed by atoms with Crippen LogP contribution >= 0.6 is 15.6 Å². The fourth-order valence-electron chi connectivity index (χ4n) is 5.35. The molecule has 7 heterocycles. The van der Waals surface area contributed by atoms with Gasteiger partial charge in [0.25, 0.3) is 11.1 Å². The molecule has 4 unspecified atom stereocenters. The van der Waals surface area contributed by atoms with Crippen molar-refractivity contribution < 1.29 is 51.6 Å². The predicted octanol–water partition coefficient (Wildman–Crippen LogP) is -2.02. The molecule has 7 rings (SSSR count). The Bertz CT molecular complexity index is 2010. The average Bonchev–Trinajstić information content (AvgIpc) is 3.71. The van der Waals surface area contributed by atoms with E-state index in [9.17, 15) is 33.6 Å². The maximum Gasteiger partial charge on any atom is 0.472 e. The van der Waals surface area contributed by atoms with E-state index in [4.69, 9.17) is 39.0 Å². The summed E-state index contributed by atoms with van der Waals surface area (Å²) < 4.78 is 61.2. The molecule has 242 valence electrons. The second-order valence-corrected chi connectivity index (χ2v) is 13.0. The lowest BCUT2D eigenvalue weighted by atomic mass is 10.1. The molecule has 4 aromatic heterocycles. The highest BCUT2D eigenvalue weighted by molar-refractivity contribution is 7.47. The van der Waals surface area contributed by atoms with Crippen LogP contribution in [0.25, 0.3) is 22.3 Å². The van der Waals surface area contributed by atoms with Crippen molar-refractivity contribution in [2.24, 2.45) is 0 Å². The number of nitrogens with zero attached hydrogens (tertiary/aromatic N) is 6. The van der Waals surface area contributed by atoms with Crippen LogP contribution in [-0.2, 0) is 36.7 Å². The number of anilines is 2. The van der Waals surface area contributed by atoms with Gasteiger partial charge >= 0.3 is 15.6 Å². The monoisotopic (exact) mass is 674 g/mol. The summed E-state index contributed by atoms with van der Waals surface area (Å²) in [5.74, 6) is -0.456. The highest BCUT2D eigenvalue weighted by atomic mass is 31.2. The van der Waals surface area contributed by atoms with Gasteiger partial charge in [0.15, 0.2) is 28.6 Å². The molecule has 0 bridgehead atoms. The van der Waals surface area contributed by atoms with Gasteiger partial charge in [0.05, 0.1) is 25.9 Å². The molecule has 9 atom stereocenters. The number of rotatable bonds is 2. The van der Waals surface area contributed by atoms with E-state index in [1.807, 2.05) is 0 Å². The molecule has 25 heteroatoms. The largest absolute Gasteiger partial charge is 0.472 e. The summed E-state index contributed by atoms with van der Waals surface area (Å²) in [6.07, 6.45) is -7.63. The van der Waals surface area contributed by atoms with E-state index in [1.165, 1.54) is 10.9 Å². The number of nitrogen functional groups attached to an aromatic ring is 2. The third-order valence-electron chi connectivity index (χ3n) is 7.30. The summed E-state index contributed by atoms with van der Waals surface area (Å²) in [7, 11) is -9.90. The number of aliphatic hydroxyl groups excluding tert-OH is 1. The first kappa shape index (κ1) is 30.1. The number of hydrogen-bond donors (Lipinski definition) is 7. The lowest BCUT2D eigenvalue weighted by molar-refractivity contribution is -0.0662. The molecule has 23 nitrogen and oxygen atoms in total. The molecule has 3 fully saturated rings. The van der Waals surface area contributed by atoms with Gasteiger partial charge in [-0.25, -0.2) is 19.1 Å². The second kappa shape index (κ2) is 10.7. The lowest BCUT2D eigenvalue weighted by Crippen LogP contribution is -2.37. The molecule has 3 saturated heterocycles. The summed E-state index contributed by atoms with van der Waals surface area (Å²) in [5.41, 5.74) is 9.75. The van der Waals surface area contributed by atoms with Crippen molar-refractivity contribution in [1.29, 1.82) is 0 Å². The van der Waals surface area contributed by atoms with Crippen molar-refractivity contribution in [2.75, 3.05) is 24.7 Å². The van der Waals surface area contributed by atoms with Crippen molar-refractivity contribution in [3.63, 3.8) is 0 Å². The summed E-state index contributed by atoms with van der Waals surface area (Å²) in [5, 5.41) is 11.1. The van der Waals surface area contributed by atoms with Crippen LogP contribution in [0.1, 0.15) is 18.9 Å². The molecule has 4 aromatic rings. The molecule has 0 aromatic carbocycles. The van der Waals surface area contributed by atoms with Gasteiger partial charge in [-0.2, -0.15) is 9.97 Å². The molecular weight excluding hydrogens is 650 g/mol. The first-order valence-corrected chi connectivity index (χ1v) is 16.0. The quantitative estimate of drug-likeness (QED) is 0.113. The number of phosphoric acid groups is 2. The van der Waals surface area contributed by atoms with Crippen molar-refractivity contribution in [2.45, 2.75) is 49.4 Å². The number of phosphoric ester groups is 2. The SMILES string of the molecule is Nc1nc2c(ncn2[C@@H]2O[C@H]3COP(=O)(O)OC4C[C@H](n5cnc6c(=O)[nH]c(N)nc65)O[C@H]4COP(=O)(O)OC3[C@@H]2O)c(=O)[nH]1. The fraction of sp³-hybridized carbons (Fsp3) is 0.500. The number of aliphatic hydroxyl groups is 1. The number of ether oxygens (including phenoxy) is 2. The molecule has 0 radical (unpaired) electrons. The number of imidazole rings is 2. The van der Waals surface area contributed by atoms with Gasteiger partial charge in [0.1, 0.15) is 36.7 Å². The van der Waals surface area contributed by atoms with Crippen LogP contribution in [0.3, 0.4) is 0 Å². The summed E-state index contributed by atoms with van der Waals surface area (Å²) in [4.78, 5) is 66.2.